The largest absolute Gasteiger partial charge is 0.507 e. The van der Waals surface area contributed by atoms with Gasteiger partial charge in [-0.3, -0.25) is 4.79 Å². The quantitative estimate of drug-likeness (QED) is 0.860. The van der Waals surface area contributed by atoms with Crippen LogP contribution in [0.2, 0.25) is 0 Å². The molecule has 0 aliphatic rings. The van der Waals surface area contributed by atoms with E-state index in [0.29, 0.717) is 34.7 Å². The lowest BCUT2D eigenvalue weighted by Gasteiger charge is -2.17. The summed E-state index contributed by atoms with van der Waals surface area (Å²) in [4.78, 5) is 14.5. The number of rotatable bonds is 6. The maximum Gasteiger partial charge on any atom is 0.251 e. The molecule has 0 bridgehead atoms. The third kappa shape index (κ3) is 3.08. The Kier molecular flexibility index (Phi) is 5.09. The van der Waals surface area contributed by atoms with Gasteiger partial charge in [-0.25, -0.2) is 0 Å². The van der Waals surface area contributed by atoms with E-state index in [0.717, 1.165) is 12.8 Å². The molecule has 0 aliphatic heterocycles. The van der Waals surface area contributed by atoms with E-state index in [9.17, 15) is 9.90 Å². The maximum absolute atomic E-state index is 11.7. The van der Waals surface area contributed by atoms with Gasteiger partial charge < -0.3 is 19.6 Å². The van der Waals surface area contributed by atoms with Crippen molar-refractivity contribution in [2.24, 2.45) is 0 Å². The van der Waals surface area contributed by atoms with Gasteiger partial charge in [0.2, 0.25) is 0 Å². The molecule has 2 aromatic rings. The summed E-state index contributed by atoms with van der Waals surface area (Å²) in [6.07, 6.45) is 2.56. The van der Waals surface area contributed by atoms with Crippen LogP contribution in [0.15, 0.2) is 29.1 Å². The van der Waals surface area contributed by atoms with Crippen molar-refractivity contribution in [3.63, 3.8) is 0 Å². The Bertz CT molecular complexity index is 684. The number of hydrogen-bond acceptors (Lipinski definition) is 4. The Morgan fingerprint density at radius 1 is 1.14 bits per heavy atom. The van der Waals surface area contributed by atoms with Crippen LogP contribution in [0.4, 0.5) is 0 Å². The summed E-state index contributed by atoms with van der Waals surface area (Å²) in [7, 11) is 3.12. The highest BCUT2D eigenvalue weighted by atomic mass is 16.5. The summed E-state index contributed by atoms with van der Waals surface area (Å²) >= 11 is 0. The van der Waals surface area contributed by atoms with Gasteiger partial charge >= 0.3 is 0 Å². The van der Waals surface area contributed by atoms with E-state index >= 15 is 0 Å². The first-order valence-electron chi connectivity index (χ1n) is 7.28. The fourth-order valence-corrected chi connectivity index (χ4v) is 2.52. The van der Waals surface area contributed by atoms with E-state index in [2.05, 4.69) is 11.9 Å². The molecule has 5 heteroatoms. The Balaban J connectivity index is 2.73. The second kappa shape index (κ2) is 7.02. The molecule has 1 heterocycles. The fourth-order valence-electron chi connectivity index (χ4n) is 2.52. The normalized spacial score (nSPS) is 10.5. The number of hydrogen-bond donors (Lipinski definition) is 2. The minimum Gasteiger partial charge on any atom is -0.507 e. The second-order valence-corrected chi connectivity index (χ2v) is 5.01. The topological polar surface area (TPSA) is 71.6 Å². The predicted molar refractivity (Wildman–Crippen MR) is 85.9 cm³/mol. The number of aromatic amines is 1. The highest BCUT2D eigenvalue weighted by Gasteiger charge is 2.20. The number of H-pyrrole nitrogens is 1. The van der Waals surface area contributed by atoms with Crippen LogP contribution in [0.1, 0.15) is 25.5 Å². The van der Waals surface area contributed by atoms with Crippen LogP contribution < -0.4 is 15.0 Å². The van der Waals surface area contributed by atoms with Gasteiger partial charge in [0, 0.05) is 11.8 Å². The Morgan fingerprint density at radius 2 is 1.77 bits per heavy atom. The van der Waals surface area contributed by atoms with Crippen molar-refractivity contribution in [2.75, 3.05) is 14.2 Å². The van der Waals surface area contributed by atoms with Crippen LogP contribution in [-0.2, 0) is 6.42 Å². The molecule has 1 aromatic carbocycles. The third-order valence-corrected chi connectivity index (χ3v) is 3.56. The van der Waals surface area contributed by atoms with E-state index in [1.807, 2.05) is 6.07 Å². The Labute approximate surface area is 129 Å². The molecule has 0 aliphatic carbocycles. The minimum absolute atomic E-state index is 0.0716. The van der Waals surface area contributed by atoms with Gasteiger partial charge in [0.15, 0.2) is 0 Å². The lowest BCUT2D eigenvalue weighted by atomic mass is 9.98. The summed E-state index contributed by atoms with van der Waals surface area (Å²) in [5, 5.41) is 10.3. The van der Waals surface area contributed by atoms with Crippen LogP contribution in [0, 0.1) is 0 Å². The van der Waals surface area contributed by atoms with Crippen molar-refractivity contribution >= 4 is 0 Å². The zero-order valence-corrected chi connectivity index (χ0v) is 13.1. The number of aromatic nitrogens is 1. The minimum atomic E-state index is -0.318. The first kappa shape index (κ1) is 15.9. The highest BCUT2D eigenvalue weighted by molar-refractivity contribution is 5.82. The number of aryl methyl sites for hydroxylation is 1. The van der Waals surface area contributed by atoms with Crippen molar-refractivity contribution in [3.05, 3.63) is 40.3 Å². The average Bonchev–Trinajstić information content (AvgIpc) is 2.51. The zero-order valence-electron chi connectivity index (χ0n) is 13.1. The number of aromatic hydroxyl groups is 1. The third-order valence-electron chi connectivity index (χ3n) is 3.56. The molecule has 0 atom stereocenters. The van der Waals surface area contributed by atoms with Crippen molar-refractivity contribution in [2.45, 2.75) is 26.2 Å². The molecular formula is C17H21NO4. The van der Waals surface area contributed by atoms with Gasteiger partial charge in [-0.2, -0.15) is 0 Å². The number of nitrogens with one attached hydrogen (secondary N) is 1. The second-order valence-electron chi connectivity index (χ2n) is 5.01. The lowest BCUT2D eigenvalue weighted by Crippen LogP contribution is -2.10. The van der Waals surface area contributed by atoms with Gasteiger partial charge in [-0.15, -0.1) is 0 Å². The molecule has 22 heavy (non-hydrogen) atoms. The van der Waals surface area contributed by atoms with Gasteiger partial charge in [0.05, 0.1) is 25.3 Å². The van der Waals surface area contributed by atoms with Crippen LogP contribution in [0.3, 0.4) is 0 Å². The molecule has 118 valence electrons. The Hall–Kier alpha value is -2.43. The number of methoxy groups -OCH3 is 2. The van der Waals surface area contributed by atoms with Crippen LogP contribution in [-0.4, -0.2) is 24.3 Å². The molecule has 0 fully saturated rings. The first-order valence-corrected chi connectivity index (χ1v) is 7.28. The predicted octanol–water partition coefficient (Wildman–Crippen LogP) is 3.11. The molecule has 5 nitrogen and oxygen atoms in total. The molecule has 2 N–H and O–H groups in total. The van der Waals surface area contributed by atoms with Crippen molar-refractivity contribution in [1.29, 1.82) is 0 Å². The zero-order chi connectivity index (χ0) is 16.1. The van der Waals surface area contributed by atoms with Crippen LogP contribution >= 0.6 is 0 Å². The van der Waals surface area contributed by atoms with Crippen molar-refractivity contribution in [3.8, 4) is 28.4 Å². The molecule has 2 rings (SSSR count). The molecule has 0 radical (unpaired) electrons. The van der Waals surface area contributed by atoms with E-state index < -0.39 is 0 Å². The number of benzene rings is 1. The molecule has 0 spiro atoms. The smallest absolute Gasteiger partial charge is 0.251 e. The van der Waals surface area contributed by atoms with Gasteiger partial charge in [0.1, 0.15) is 17.2 Å². The molecular weight excluding hydrogens is 282 g/mol. The molecule has 0 saturated carbocycles. The fraction of sp³-hybridized carbons (Fsp3) is 0.353. The summed E-state index contributed by atoms with van der Waals surface area (Å²) in [5.41, 5.74) is 1.57. The van der Waals surface area contributed by atoms with Gasteiger partial charge in [-0.05, 0) is 25.0 Å². The summed E-state index contributed by atoms with van der Waals surface area (Å²) < 4.78 is 10.8. The summed E-state index contributed by atoms with van der Waals surface area (Å²) in [6.45, 7) is 2.07. The molecule has 0 saturated heterocycles. The van der Waals surface area contributed by atoms with E-state index in [1.54, 1.807) is 26.4 Å². The number of pyridine rings is 1. The molecule has 0 amide bonds. The SMILES string of the molecule is CCCCc1[nH]c(=O)cc(O)c1-c1c(OC)cccc1OC. The van der Waals surface area contributed by atoms with Crippen LogP contribution in [0.25, 0.3) is 11.1 Å². The van der Waals surface area contributed by atoms with Crippen molar-refractivity contribution in [1.82, 2.24) is 4.98 Å². The van der Waals surface area contributed by atoms with Gasteiger partial charge in [-0.1, -0.05) is 19.4 Å². The average molecular weight is 303 g/mol. The Morgan fingerprint density at radius 3 is 2.32 bits per heavy atom. The van der Waals surface area contributed by atoms with E-state index in [4.69, 9.17) is 9.47 Å². The molecule has 1 aromatic heterocycles. The number of ether oxygens (including phenoxy) is 2. The van der Waals surface area contributed by atoms with Crippen molar-refractivity contribution < 1.29 is 14.6 Å². The molecule has 0 unspecified atom stereocenters. The lowest BCUT2D eigenvalue weighted by molar-refractivity contribution is 0.396. The monoisotopic (exact) mass is 303 g/mol. The summed E-state index contributed by atoms with van der Waals surface area (Å²) in [5.74, 6) is 1.09. The van der Waals surface area contributed by atoms with Crippen LogP contribution in [0.5, 0.6) is 17.2 Å². The first-order chi connectivity index (χ1) is 10.6. The summed E-state index contributed by atoms with van der Waals surface area (Å²) in [6, 6.07) is 6.59. The van der Waals surface area contributed by atoms with E-state index in [-0.39, 0.29) is 11.3 Å². The standard InChI is InChI=1S/C17H21NO4/c1-4-5-7-11-16(12(19)10-15(20)18-11)17-13(21-2)8-6-9-14(17)22-3/h6,8-10H,4-5,7H2,1-3H3,(H2,18,19,20). The van der Waals surface area contributed by atoms with E-state index in [1.165, 1.54) is 6.07 Å². The maximum atomic E-state index is 11.7. The number of unbranched alkanes of at least 4 members (excludes halogenated alkanes) is 1. The highest BCUT2D eigenvalue weighted by Crippen LogP contribution is 2.43. The van der Waals surface area contributed by atoms with Gasteiger partial charge in [0.25, 0.3) is 5.56 Å².